The molecule has 11 heteroatoms. The molecule has 1 amide bonds. The third-order valence-corrected chi connectivity index (χ3v) is 5.67. The molecule has 4 aromatic heterocycles. The average Bonchev–Trinajstić information content (AvgIpc) is 3.43. The topological polar surface area (TPSA) is 136 Å². The van der Waals surface area contributed by atoms with Gasteiger partial charge in [-0.1, -0.05) is 6.92 Å². The van der Waals surface area contributed by atoms with Crippen molar-refractivity contribution in [2.75, 3.05) is 11.9 Å². The molecule has 0 saturated heterocycles. The SMILES string of the molecule is Cc1cc(C(=O)Nc2nc3cnn(C)c3n2CCCC(C)CO)cc(-c2c[nH]n(C)c2=O)n1. The van der Waals surface area contributed by atoms with Gasteiger partial charge in [-0.25, -0.2) is 4.98 Å². The highest BCUT2D eigenvalue weighted by Gasteiger charge is 2.19. The summed E-state index contributed by atoms with van der Waals surface area (Å²) in [5.74, 6) is 0.281. The van der Waals surface area contributed by atoms with Gasteiger partial charge in [0.1, 0.15) is 5.52 Å². The minimum Gasteiger partial charge on any atom is -0.396 e. The Morgan fingerprint density at radius 3 is 2.76 bits per heavy atom. The van der Waals surface area contributed by atoms with Crippen LogP contribution in [0.5, 0.6) is 0 Å². The number of H-pyrrole nitrogens is 1. The summed E-state index contributed by atoms with van der Waals surface area (Å²) in [6.45, 7) is 4.54. The second-order valence-electron chi connectivity index (χ2n) is 8.38. The highest BCUT2D eigenvalue weighted by atomic mass is 16.3. The largest absolute Gasteiger partial charge is 0.396 e. The minimum atomic E-state index is -0.345. The van der Waals surface area contributed by atoms with E-state index in [9.17, 15) is 14.7 Å². The van der Waals surface area contributed by atoms with Crippen LogP contribution >= 0.6 is 0 Å². The molecular formula is C22H28N8O3. The van der Waals surface area contributed by atoms with Gasteiger partial charge in [-0.2, -0.15) is 5.10 Å². The van der Waals surface area contributed by atoms with E-state index in [1.165, 1.54) is 4.68 Å². The van der Waals surface area contributed by atoms with Crippen molar-refractivity contribution in [3.05, 3.63) is 46.1 Å². The molecule has 3 N–H and O–H groups in total. The van der Waals surface area contributed by atoms with Gasteiger partial charge in [-0.3, -0.25) is 33.8 Å². The normalized spacial score (nSPS) is 12.4. The van der Waals surface area contributed by atoms with E-state index in [4.69, 9.17) is 0 Å². The van der Waals surface area contributed by atoms with Gasteiger partial charge in [-0.15, -0.1) is 0 Å². The third-order valence-electron chi connectivity index (χ3n) is 5.67. The summed E-state index contributed by atoms with van der Waals surface area (Å²) in [7, 11) is 3.45. The Labute approximate surface area is 190 Å². The number of hydrogen-bond donors (Lipinski definition) is 3. The second kappa shape index (κ2) is 9.02. The van der Waals surface area contributed by atoms with E-state index in [0.29, 0.717) is 40.5 Å². The fraction of sp³-hybridized carbons (Fsp3) is 0.409. The van der Waals surface area contributed by atoms with E-state index >= 15 is 0 Å². The lowest BCUT2D eigenvalue weighted by molar-refractivity contribution is 0.102. The Morgan fingerprint density at radius 2 is 2.06 bits per heavy atom. The molecule has 4 rings (SSSR count). The molecule has 11 nitrogen and oxygen atoms in total. The van der Waals surface area contributed by atoms with Crippen molar-refractivity contribution >= 4 is 23.0 Å². The van der Waals surface area contributed by atoms with E-state index in [2.05, 4.69) is 25.5 Å². The molecule has 0 bridgehead atoms. The molecule has 0 saturated carbocycles. The first-order chi connectivity index (χ1) is 15.8. The first kappa shape index (κ1) is 22.5. The highest BCUT2D eigenvalue weighted by Crippen LogP contribution is 2.22. The summed E-state index contributed by atoms with van der Waals surface area (Å²) < 4.78 is 5.01. The number of carbonyl (C=O) groups is 1. The Bertz CT molecular complexity index is 1360. The number of amides is 1. The molecule has 0 aromatic carbocycles. The maximum absolute atomic E-state index is 13.2. The van der Waals surface area contributed by atoms with Gasteiger partial charge in [0.15, 0.2) is 5.65 Å². The summed E-state index contributed by atoms with van der Waals surface area (Å²) in [6.07, 6.45) is 4.90. The zero-order chi connectivity index (χ0) is 23.7. The number of nitrogens with zero attached hydrogens (tertiary/aromatic N) is 6. The van der Waals surface area contributed by atoms with Crippen LogP contribution in [-0.4, -0.2) is 51.7 Å². The number of aliphatic hydroxyl groups is 1. The summed E-state index contributed by atoms with van der Waals surface area (Å²) in [5.41, 5.74) is 3.10. The minimum absolute atomic E-state index is 0.141. The van der Waals surface area contributed by atoms with E-state index < -0.39 is 0 Å². The average molecular weight is 453 g/mol. The fourth-order valence-electron chi connectivity index (χ4n) is 3.84. The Hall–Kier alpha value is -3.73. The molecule has 4 heterocycles. The van der Waals surface area contributed by atoms with Crippen LogP contribution in [0.4, 0.5) is 5.95 Å². The van der Waals surface area contributed by atoms with Crippen LogP contribution in [0, 0.1) is 12.8 Å². The van der Waals surface area contributed by atoms with Crippen LogP contribution in [0.25, 0.3) is 22.4 Å². The van der Waals surface area contributed by atoms with Crippen molar-refractivity contribution in [3.8, 4) is 11.3 Å². The van der Waals surface area contributed by atoms with Crippen LogP contribution < -0.4 is 10.9 Å². The van der Waals surface area contributed by atoms with Crippen molar-refractivity contribution in [3.63, 3.8) is 0 Å². The quantitative estimate of drug-likeness (QED) is 0.373. The number of anilines is 1. The first-order valence-corrected chi connectivity index (χ1v) is 10.8. The van der Waals surface area contributed by atoms with Crippen LogP contribution in [0.15, 0.2) is 29.3 Å². The van der Waals surface area contributed by atoms with Crippen molar-refractivity contribution < 1.29 is 9.90 Å². The summed E-state index contributed by atoms with van der Waals surface area (Å²) in [6, 6.07) is 3.28. The zero-order valence-electron chi connectivity index (χ0n) is 19.2. The molecule has 0 aliphatic rings. The molecule has 1 atom stereocenters. The number of nitrogens with one attached hydrogen (secondary N) is 2. The number of fused-ring (bicyclic) bond motifs is 1. The maximum Gasteiger partial charge on any atom is 0.275 e. The lowest BCUT2D eigenvalue weighted by atomic mass is 10.1. The van der Waals surface area contributed by atoms with Crippen molar-refractivity contribution in [1.82, 2.24) is 34.1 Å². The van der Waals surface area contributed by atoms with E-state index in [0.717, 1.165) is 18.5 Å². The number of aryl methyl sites for hydroxylation is 4. The van der Waals surface area contributed by atoms with Gasteiger partial charge < -0.3 is 10.2 Å². The number of aromatic nitrogens is 7. The Kier molecular flexibility index (Phi) is 6.14. The number of imidazole rings is 1. The van der Waals surface area contributed by atoms with E-state index in [-0.39, 0.29) is 24.0 Å². The Morgan fingerprint density at radius 1 is 1.27 bits per heavy atom. The standard InChI is InChI=1S/C22H28N8O3/c1-13(12-31)6-5-7-30-20-18(11-24-28(20)3)26-22(30)27-19(32)15-8-14(2)25-17(9-15)16-10-23-29(4)21(16)33/h8-11,13,23,31H,5-7,12H2,1-4H3,(H,26,27,32). The van der Waals surface area contributed by atoms with Crippen LogP contribution in [0.3, 0.4) is 0 Å². The lowest BCUT2D eigenvalue weighted by Crippen LogP contribution is -2.18. The first-order valence-electron chi connectivity index (χ1n) is 10.8. The molecule has 0 spiro atoms. The molecule has 1 unspecified atom stereocenters. The smallest absolute Gasteiger partial charge is 0.275 e. The van der Waals surface area contributed by atoms with Gasteiger partial charge in [0.05, 0.1) is 17.5 Å². The highest BCUT2D eigenvalue weighted by molar-refractivity contribution is 6.04. The third kappa shape index (κ3) is 4.44. The van der Waals surface area contributed by atoms with E-state index in [1.807, 2.05) is 18.5 Å². The fourth-order valence-corrected chi connectivity index (χ4v) is 3.84. The number of rotatable bonds is 8. The number of carbonyl (C=O) groups excluding carboxylic acids is 1. The predicted molar refractivity (Wildman–Crippen MR) is 124 cm³/mol. The number of aliphatic hydroxyl groups excluding tert-OH is 1. The second-order valence-corrected chi connectivity index (χ2v) is 8.38. The van der Waals surface area contributed by atoms with Gasteiger partial charge in [0.2, 0.25) is 5.95 Å². The molecular weight excluding hydrogens is 424 g/mol. The lowest BCUT2D eigenvalue weighted by Gasteiger charge is -2.13. The molecule has 0 aliphatic carbocycles. The zero-order valence-corrected chi connectivity index (χ0v) is 19.2. The molecule has 0 fully saturated rings. The van der Waals surface area contributed by atoms with E-state index in [1.54, 1.807) is 43.2 Å². The van der Waals surface area contributed by atoms with Crippen LogP contribution in [0.2, 0.25) is 0 Å². The summed E-state index contributed by atoms with van der Waals surface area (Å²) in [4.78, 5) is 34.5. The van der Waals surface area contributed by atoms with Gasteiger partial charge >= 0.3 is 0 Å². The Balaban J connectivity index is 1.63. The molecule has 33 heavy (non-hydrogen) atoms. The number of pyridine rings is 1. The van der Waals surface area contributed by atoms with Crippen molar-refractivity contribution in [2.45, 2.75) is 33.2 Å². The van der Waals surface area contributed by atoms with Gasteiger partial charge in [0, 0.05) is 44.7 Å². The van der Waals surface area contributed by atoms with Gasteiger partial charge in [0.25, 0.3) is 11.5 Å². The van der Waals surface area contributed by atoms with Gasteiger partial charge in [-0.05, 0) is 37.8 Å². The van der Waals surface area contributed by atoms with Crippen molar-refractivity contribution in [1.29, 1.82) is 0 Å². The molecule has 0 radical (unpaired) electrons. The monoisotopic (exact) mass is 452 g/mol. The predicted octanol–water partition coefficient (Wildman–Crippen LogP) is 1.83. The maximum atomic E-state index is 13.2. The van der Waals surface area contributed by atoms with Crippen molar-refractivity contribution in [2.24, 2.45) is 20.0 Å². The summed E-state index contributed by atoms with van der Waals surface area (Å²) >= 11 is 0. The van der Waals surface area contributed by atoms with Crippen LogP contribution in [0.1, 0.15) is 35.8 Å². The summed E-state index contributed by atoms with van der Waals surface area (Å²) in [5, 5.41) is 19.3. The molecule has 0 aliphatic heterocycles. The molecule has 174 valence electrons. The number of aromatic amines is 1. The number of hydrogen-bond acceptors (Lipinski definition) is 6. The van der Waals surface area contributed by atoms with Crippen LogP contribution in [-0.2, 0) is 20.6 Å². The molecule has 4 aromatic rings.